The van der Waals surface area contributed by atoms with Gasteiger partial charge >= 0.3 is 12.4 Å². The van der Waals surface area contributed by atoms with Gasteiger partial charge < -0.3 is 0 Å². The number of hydrogen-bond acceptors (Lipinski definition) is 5. The summed E-state index contributed by atoms with van der Waals surface area (Å²) in [6, 6.07) is 3.43. The van der Waals surface area contributed by atoms with Gasteiger partial charge in [-0.05, 0) is 11.1 Å². The van der Waals surface area contributed by atoms with Crippen LogP contribution in [0.2, 0.25) is 0 Å². The van der Waals surface area contributed by atoms with Crippen molar-refractivity contribution in [3.8, 4) is 24.3 Å². The summed E-state index contributed by atoms with van der Waals surface area (Å²) >= 11 is 0. The van der Waals surface area contributed by atoms with Gasteiger partial charge in [0.25, 0.3) is 5.95 Å². The first kappa shape index (κ1) is 37.7. The number of benzene rings is 2. The molecule has 262 valence electrons. The molecule has 5 nitrogen and oxygen atoms in total. The van der Waals surface area contributed by atoms with Gasteiger partial charge in [-0.2, -0.15) is 51.8 Å². The molecule has 2 aromatic carbocycles. The Morgan fingerprint density at radius 3 is 1.22 bits per heavy atom. The van der Waals surface area contributed by atoms with Crippen molar-refractivity contribution in [2.75, 3.05) is 0 Å². The summed E-state index contributed by atoms with van der Waals surface area (Å²) in [5.74, 6) is -38.6. The molecule has 2 atom stereocenters. The van der Waals surface area contributed by atoms with Crippen LogP contribution in [0.15, 0.2) is 16.7 Å². The number of nitriles is 4. The number of alkyl halides is 6. The molecule has 4 rings (SSSR count). The van der Waals surface area contributed by atoms with Crippen molar-refractivity contribution in [1.29, 1.82) is 21.0 Å². The monoisotopic (exact) mass is 743 g/mol. The van der Waals surface area contributed by atoms with Gasteiger partial charge in [-0.25, -0.2) is 48.9 Å². The minimum absolute atomic E-state index is 0.753. The molecule has 0 saturated heterocycles. The maximum atomic E-state index is 15.1. The Labute approximate surface area is 269 Å². The second-order valence-electron chi connectivity index (χ2n) is 9.76. The average Bonchev–Trinajstić information content (AvgIpc) is 3.75. The lowest BCUT2D eigenvalue weighted by atomic mass is 9.92. The standard InChI is InChI=1S/C29H2F17N5/c30-17-8(4-50)51-27(40)22(35)12(17)5(1-47)9-10(6(2-48)13-18(31)23(36)15(28(41,42)43)24(37)19(13)32)11(9)7(3-49)14-20(33)25(38)16(29(44,45)46)26(39)21(14)34/h5-6H. The number of halogens is 17. The summed E-state index contributed by atoms with van der Waals surface area (Å²) in [5, 5.41) is 38.3. The van der Waals surface area contributed by atoms with Crippen LogP contribution in [-0.2, 0) is 12.4 Å². The molecule has 0 N–H and O–H groups in total. The minimum atomic E-state index is -6.18. The maximum absolute atomic E-state index is 15.1. The van der Waals surface area contributed by atoms with Crippen LogP contribution in [0.3, 0.4) is 0 Å². The highest BCUT2D eigenvalue weighted by molar-refractivity contribution is 5.95. The van der Waals surface area contributed by atoms with E-state index < -0.39 is 144 Å². The second kappa shape index (κ2) is 12.6. The Hall–Kier alpha value is -6.16. The molecule has 2 unspecified atom stereocenters. The molecule has 0 radical (unpaired) electrons. The lowest BCUT2D eigenvalue weighted by molar-refractivity contribution is -0.144. The molecular weight excluding hydrogens is 741 g/mol. The molecule has 1 aliphatic carbocycles. The van der Waals surface area contributed by atoms with Gasteiger partial charge in [0.1, 0.15) is 35.1 Å². The molecule has 22 heteroatoms. The van der Waals surface area contributed by atoms with Crippen molar-refractivity contribution in [3.05, 3.63) is 114 Å². The Kier molecular flexibility index (Phi) is 9.32. The normalized spacial score (nSPS) is 15.1. The zero-order valence-electron chi connectivity index (χ0n) is 23.3. The second-order valence-corrected chi connectivity index (χ2v) is 9.76. The van der Waals surface area contributed by atoms with Crippen LogP contribution >= 0.6 is 0 Å². The molecular formula is C29H2F17N5. The van der Waals surface area contributed by atoms with Crippen LogP contribution in [0.4, 0.5) is 74.6 Å². The van der Waals surface area contributed by atoms with Crippen LogP contribution in [0, 0.1) is 109 Å². The Morgan fingerprint density at radius 1 is 0.510 bits per heavy atom. The van der Waals surface area contributed by atoms with E-state index in [1.807, 2.05) is 0 Å². The van der Waals surface area contributed by atoms with E-state index in [4.69, 9.17) is 5.26 Å². The molecule has 1 aliphatic rings. The number of aromatic nitrogens is 1. The Bertz CT molecular complexity index is 2250. The highest BCUT2D eigenvalue weighted by Gasteiger charge is 2.51. The van der Waals surface area contributed by atoms with Gasteiger partial charge in [0.05, 0.1) is 34.4 Å². The smallest absolute Gasteiger partial charge is 0.203 e. The Balaban J connectivity index is 2.22. The van der Waals surface area contributed by atoms with E-state index >= 15 is 22.0 Å². The predicted molar refractivity (Wildman–Crippen MR) is 128 cm³/mol. The fourth-order valence-electron chi connectivity index (χ4n) is 4.98. The number of rotatable bonds is 5. The molecule has 0 bridgehead atoms. The van der Waals surface area contributed by atoms with Crippen LogP contribution in [0.1, 0.15) is 45.3 Å². The van der Waals surface area contributed by atoms with Crippen LogP contribution in [-0.4, -0.2) is 4.98 Å². The first-order chi connectivity index (χ1) is 23.5. The summed E-state index contributed by atoms with van der Waals surface area (Å²) < 4.78 is 242. The van der Waals surface area contributed by atoms with E-state index in [0.29, 0.717) is 0 Å². The van der Waals surface area contributed by atoms with Crippen molar-refractivity contribution in [2.24, 2.45) is 0 Å². The van der Waals surface area contributed by atoms with E-state index in [1.54, 1.807) is 0 Å². The molecule has 3 aromatic rings. The first-order valence-corrected chi connectivity index (χ1v) is 12.5. The van der Waals surface area contributed by atoms with Crippen molar-refractivity contribution in [3.63, 3.8) is 0 Å². The third-order valence-corrected chi connectivity index (χ3v) is 7.10. The van der Waals surface area contributed by atoms with Crippen LogP contribution in [0.25, 0.3) is 5.57 Å². The van der Waals surface area contributed by atoms with E-state index in [1.165, 1.54) is 0 Å². The molecule has 51 heavy (non-hydrogen) atoms. The lowest BCUT2D eigenvalue weighted by Crippen LogP contribution is -2.18. The molecule has 0 aliphatic heterocycles. The predicted octanol–water partition coefficient (Wildman–Crippen LogP) is 8.72. The number of hydrogen-bond donors (Lipinski definition) is 0. The highest BCUT2D eigenvalue weighted by atomic mass is 19.4. The van der Waals surface area contributed by atoms with Gasteiger partial charge in [-0.1, -0.05) is 0 Å². The van der Waals surface area contributed by atoms with Crippen molar-refractivity contribution >= 4 is 5.57 Å². The summed E-state index contributed by atoms with van der Waals surface area (Å²) in [4.78, 5) is 2.56. The number of allylic oxidation sites excluding steroid dienone is 4. The lowest BCUT2D eigenvalue weighted by Gasteiger charge is -2.16. The molecule has 0 saturated carbocycles. The highest BCUT2D eigenvalue weighted by Crippen LogP contribution is 2.58. The van der Waals surface area contributed by atoms with Gasteiger partial charge in [0.15, 0.2) is 63.9 Å². The number of nitrogens with zero attached hydrogens (tertiary/aromatic N) is 5. The van der Waals surface area contributed by atoms with Crippen molar-refractivity contribution in [1.82, 2.24) is 4.98 Å². The molecule has 0 amide bonds. The third kappa shape index (κ3) is 5.72. The molecule has 1 heterocycles. The molecule has 1 aromatic heterocycles. The largest absolute Gasteiger partial charge is 0.422 e. The van der Waals surface area contributed by atoms with Gasteiger partial charge in [-0.15, -0.1) is 0 Å². The van der Waals surface area contributed by atoms with Gasteiger partial charge in [0, 0.05) is 5.57 Å². The van der Waals surface area contributed by atoms with E-state index in [-0.39, 0.29) is 0 Å². The first-order valence-electron chi connectivity index (χ1n) is 12.5. The molecule has 0 fully saturated rings. The third-order valence-electron chi connectivity index (χ3n) is 7.10. The quantitative estimate of drug-likeness (QED) is 0.113. The van der Waals surface area contributed by atoms with E-state index in [9.17, 15) is 68.5 Å². The fraction of sp³-hybridized carbons (Fsp3) is 0.138. The fourth-order valence-corrected chi connectivity index (χ4v) is 4.98. The van der Waals surface area contributed by atoms with E-state index in [0.717, 1.165) is 24.3 Å². The van der Waals surface area contributed by atoms with Crippen LogP contribution < -0.4 is 0 Å². The number of pyridine rings is 1. The minimum Gasteiger partial charge on any atom is -0.203 e. The zero-order chi connectivity index (χ0) is 38.8. The zero-order valence-corrected chi connectivity index (χ0v) is 23.3. The summed E-state index contributed by atoms with van der Waals surface area (Å²) in [6.07, 6.45) is -12.3. The van der Waals surface area contributed by atoms with Gasteiger partial charge in [0.2, 0.25) is 0 Å². The van der Waals surface area contributed by atoms with Crippen LogP contribution in [0.5, 0.6) is 0 Å². The average molecular weight is 743 g/mol. The Morgan fingerprint density at radius 2 is 0.882 bits per heavy atom. The SMILES string of the molecule is N#CC(=C1C(C(C#N)c2c(F)c(F)nc(C#N)c2F)=C1C(C#N)c1c(F)c(F)c(C(F)(F)F)c(F)c1F)c1c(F)c(F)c(C(F)(F)F)c(F)c1F. The summed E-state index contributed by atoms with van der Waals surface area (Å²) in [5.41, 5.74) is -21.7. The maximum Gasteiger partial charge on any atom is 0.422 e. The van der Waals surface area contributed by atoms with Crippen molar-refractivity contribution in [2.45, 2.75) is 24.2 Å². The molecule has 0 spiro atoms. The van der Waals surface area contributed by atoms with E-state index in [2.05, 4.69) is 4.98 Å². The van der Waals surface area contributed by atoms with Gasteiger partial charge in [-0.3, -0.25) is 0 Å². The topological polar surface area (TPSA) is 108 Å². The summed E-state index contributed by atoms with van der Waals surface area (Å²) in [6.45, 7) is 0. The van der Waals surface area contributed by atoms with Crippen molar-refractivity contribution < 1.29 is 74.6 Å². The summed E-state index contributed by atoms with van der Waals surface area (Å²) in [7, 11) is 0.